The molecule has 3 nitrogen and oxygen atoms in total. The first kappa shape index (κ1) is 12.1. The van der Waals surface area contributed by atoms with Crippen molar-refractivity contribution in [1.29, 1.82) is 0 Å². The number of aliphatic imine (C=N–C) groups is 1. The lowest BCUT2D eigenvalue weighted by atomic mass is 10.2. The number of nitrogens with one attached hydrogen (secondary N) is 1. The topological polar surface area (TPSA) is 50.4 Å². The number of guanidine groups is 1. The van der Waals surface area contributed by atoms with Crippen LogP contribution >= 0.6 is 0 Å². The van der Waals surface area contributed by atoms with Crippen molar-refractivity contribution < 1.29 is 0 Å². The fraction of sp³-hybridized carbons (Fsp3) is 0.308. The van der Waals surface area contributed by atoms with Gasteiger partial charge in [-0.05, 0) is 12.5 Å². The van der Waals surface area contributed by atoms with Gasteiger partial charge < -0.3 is 11.1 Å². The Morgan fingerprint density at radius 2 is 2.12 bits per heavy atom. The minimum absolute atomic E-state index is 0.474. The van der Waals surface area contributed by atoms with E-state index in [0.717, 1.165) is 18.5 Å². The van der Waals surface area contributed by atoms with Gasteiger partial charge in [-0.15, -0.1) is 11.8 Å². The summed E-state index contributed by atoms with van der Waals surface area (Å²) < 4.78 is 0. The van der Waals surface area contributed by atoms with E-state index in [2.05, 4.69) is 22.2 Å². The third-order valence-electron chi connectivity index (χ3n) is 2.01. The molecule has 0 aliphatic carbocycles. The SMILES string of the molecule is CC#CCCNC(N)=NCc1ccccc1. The zero-order valence-electron chi connectivity index (χ0n) is 9.53. The van der Waals surface area contributed by atoms with Crippen molar-refractivity contribution in [3.8, 4) is 11.8 Å². The summed E-state index contributed by atoms with van der Waals surface area (Å²) in [5, 5.41) is 3.01. The van der Waals surface area contributed by atoms with E-state index in [0.29, 0.717) is 12.5 Å². The molecule has 0 saturated carbocycles. The van der Waals surface area contributed by atoms with Gasteiger partial charge >= 0.3 is 0 Å². The highest BCUT2D eigenvalue weighted by molar-refractivity contribution is 5.77. The largest absolute Gasteiger partial charge is 0.370 e. The number of nitrogens with zero attached hydrogens (tertiary/aromatic N) is 1. The van der Waals surface area contributed by atoms with Gasteiger partial charge in [-0.25, -0.2) is 4.99 Å². The summed E-state index contributed by atoms with van der Waals surface area (Å²) in [5.41, 5.74) is 6.85. The van der Waals surface area contributed by atoms with Crippen LogP contribution in [-0.4, -0.2) is 12.5 Å². The van der Waals surface area contributed by atoms with Gasteiger partial charge in [0, 0.05) is 13.0 Å². The molecule has 0 amide bonds. The van der Waals surface area contributed by atoms with Gasteiger partial charge in [0.25, 0.3) is 0 Å². The molecule has 0 fully saturated rings. The molecule has 0 aromatic heterocycles. The zero-order chi connectivity index (χ0) is 11.6. The molecule has 1 aromatic carbocycles. The van der Waals surface area contributed by atoms with Crippen molar-refractivity contribution >= 4 is 5.96 Å². The predicted molar refractivity (Wildman–Crippen MR) is 67.8 cm³/mol. The molecule has 0 aliphatic heterocycles. The van der Waals surface area contributed by atoms with Gasteiger partial charge in [0.05, 0.1) is 6.54 Å². The maximum absolute atomic E-state index is 5.69. The number of hydrogen-bond acceptors (Lipinski definition) is 1. The summed E-state index contributed by atoms with van der Waals surface area (Å²) in [7, 11) is 0. The number of nitrogens with two attached hydrogens (primary N) is 1. The van der Waals surface area contributed by atoms with E-state index in [1.54, 1.807) is 0 Å². The Morgan fingerprint density at radius 3 is 2.81 bits per heavy atom. The van der Waals surface area contributed by atoms with E-state index in [9.17, 15) is 0 Å². The molecule has 0 atom stereocenters. The molecule has 0 bridgehead atoms. The third-order valence-corrected chi connectivity index (χ3v) is 2.01. The second kappa shape index (κ2) is 7.36. The van der Waals surface area contributed by atoms with Crippen LogP contribution in [0.1, 0.15) is 18.9 Å². The predicted octanol–water partition coefficient (Wildman–Crippen LogP) is 1.50. The number of hydrogen-bond donors (Lipinski definition) is 2. The maximum Gasteiger partial charge on any atom is 0.188 e. The van der Waals surface area contributed by atoms with Crippen molar-refractivity contribution in [3.63, 3.8) is 0 Å². The normalized spacial score (nSPS) is 10.4. The Labute approximate surface area is 96.8 Å². The van der Waals surface area contributed by atoms with Crippen molar-refractivity contribution in [3.05, 3.63) is 35.9 Å². The van der Waals surface area contributed by atoms with E-state index in [-0.39, 0.29) is 0 Å². The highest BCUT2D eigenvalue weighted by Crippen LogP contribution is 1.99. The van der Waals surface area contributed by atoms with E-state index in [4.69, 9.17) is 5.73 Å². The molecule has 0 spiro atoms. The molecule has 84 valence electrons. The van der Waals surface area contributed by atoms with Gasteiger partial charge in [-0.3, -0.25) is 0 Å². The molecule has 0 aliphatic rings. The van der Waals surface area contributed by atoms with E-state index in [1.165, 1.54) is 0 Å². The molecule has 16 heavy (non-hydrogen) atoms. The van der Waals surface area contributed by atoms with Crippen LogP contribution in [0.15, 0.2) is 35.3 Å². The van der Waals surface area contributed by atoms with Crippen molar-refractivity contribution in [2.45, 2.75) is 19.9 Å². The summed E-state index contributed by atoms with van der Waals surface area (Å²) in [6.45, 7) is 3.18. The molecule has 0 radical (unpaired) electrons. The van der Waals surface area contributed by atoms with E-state index >= 15 is 0 Å². The van der Waals surface area contributed by atoms with Gasteiger partial charge in [0.1, 0.15) is 0 Å². The quantitative estimate of drug-likeness (QED) is 0.346. The van der Waals surface area contributed by atoms with Crippen LogP contribution < -0.4 is 11.1 Å². The summed E-state index contributed by atoms with van der Waals surface area (Å²) in [4.78, 5) is 4.23. The van der Waals surface area contributed by atoms with Crippen LogP contribution in [0, 0.1) is 11.8 Å². The summed E-state index contributed by atoms with van der Waals surface area (Å²) in [6.07, 6.45) is 0.790. The third kappa shape index (κ3) is 5.06. The average Bonchev–Trinajstić information content (AvgIpc) is 2.33. The molecule has 3 N–H and O–H groups in total. The van der Waals surface area contributed by atoms with Gasteiger partial charge in [-0.1, -0.05) is 30.3 Å². The fourth-order valence-corrected chi connectivity index (χ4v) is 1.19. The second-order valence-electron chi connectivity index (χ2n) is 3.29. The van der Waals surface area contributed by atoms with Gasteiger partial charge in [0.2, 0.25) is 0 Å². The number of rotatable bonds is 4. The van der Waals surface area contributed by atoms with Crippen LogP contribution in [0.25, 0.3) is 0 Å². The molecule has 1 rings (SSSR count). The molecular formula is C13H17N3. The highest BCUT2D eigenvalue weighted by atomic mass is 15.1. The minimum atomic E-state index is 0.474. The molecule has 0 saturated heterocycles. The van der Waals surface area contributed by atoms with Crippen molar-refractivity contribution in [1.82, 2.24) is 5.32 Å². The second-order valence-corrected chi connectivity index (χ2v) is 3.29. The van der Waals surface area contributed by atoms with Crippen LogP contribution in [0.4, 0.5) is 0 Å². The Bertz CT molecular complexity index is 385. The lowest BCUT2D eigenvalue weighted by molar-refractivity contribution is 0.879. The summed E-state index contributed by atoms with van der Waals surface area (Å²) >= 11 is 0. The lowest BCUT2D eigenvalue weighted by Crippen LogP contribution is -2.32. The van der Waals surface area contributed by atoms with Crippen LogP contribution in [0.2, 0.25) is 0 Å². The minimum Gasteiger partial charge on any atom is -0.370 e. The molecule has 0 unspecified atom stereocenters. The maximum atomic E-state index is 5.69. The van der Waals surface area contributed by atoms with Crippen molar-refractivity contribution in [2.24, 2.45) is 10.7 Å². The average molecular weight is 215 g/mol. The summed E-state index contributed by atoms with van der Waals surface area (Å²) in [5.74, 6) is 6.26. The highest BCUT2D eigenvalue weighted by Gasteiger charge is 1.91. The number of benzene rings is 1. The van der Waals surface area contributed by atoms with E-state index < -0.39 is 0 Å². The Hall–Kier alpha value is -1.95. The molecule has 0 heterocycles. The van der Waals surface area contributed by atoms with Gasteiger partial charge in [-0.2, -0.15) is 0 Å². The van der Waals surface area contributed by atoms with Crippen LogP contribution in [-0.2, 0) is 6.54 Å². The Balaban J connectivity index is 2.30. The van der Waals surface area contributed by atoms with Crippen LogP contribution in [0.3, 0.4) is 0 Å². The first-order valence-electron chi connectivity index (χ1n) is 5.30. The smallest absolute Gasteiger partial charge is 0.188 e. The summed E-state index contributed by atoms with van der Waals surface area (Å²) in [6, 6.07) is 10.0. The molecule has 3 heteroatoms. The van der Waals surface area contributed by atoms with Gasteiger partial charge in [0.15, 0.2) is 5.96 Å². The zero-order valence-corrected chi connectivity index (χ0v) is 9.53. The molecule has 1 aromatic rings. The standard InChI is InChI=1S/C13H17N3/c1-2-3-7-10-15-13(14)16-11-12-8-5-4-6-9-12/h4-6,8-9H,7,10-11H2,1H3,(H3,14,15,16). The van der Waals surface area contributed by atoms with E-state index in [1.807, 2.05) is 37.3 Å². The van der Waals surface area contributed by atoms with Crippen LogP contribution in [0.5, 0.6) is 0 Å². The fourth-order valence-electron chi connectivity index (χ4n) is 1.19. The van der Waals surface area contributed by atoms with Crippen molar-refractivity contribution in [2.75, 3.05) is 6.54 Å². The first-order valence-corrected chi connectivity index (χ1v) is 5.30. The molecular weight excluding hydrogens is 198 g/mol. The lowest BCUT2D eigenvalue weighted by Gasteiger charge is -2.02. The first-order chi connectivity index (χ1) is 7.83. The monoisotopic (exact) mass is 215 g/mol. The Kier molecular flexibility index (Phi) is 5.57. The Morgan fingerprint density at radius 1 is 1.38 bits per heavy atom.